The molecule has 2 N–H and O–H groups in total. The van der Waals surface area contributed by atoms with Gasteiger partial charge in [0.05, 0.1) is 24.7 Å². The van der Waals surface area contributed by atoms with Crippen molar-refractivity contribution in [2.45, 2.75) is 6.54 Å². The maximum atomic E-state index is 5.78. The van der Waals surface area contributed by atoms with Crippen LogP contribution in [0.1, 0.15) is 5.56 Å². The van der Waals surface area contributed by atoms with Gasteiger partial charge in [-0.1, -0.05) is 23.4 Å². The number of para-hydroxylation sites is 1. The summed E-state index contributed by atoms with van der Waals surface area (Å²) < 4.78 is 7.11. The fourth-order valence-electron chi connectivity index (χ4n) is 2.29. The zero-order valence-electron chi connectivity index (χ0n) is 11.7. The number of benzene rings is 2. The first-order valence-corrected chi connectivity index (χ1v) is 6.67. The highest BCUT2D eigenvalue weighted by Gasteiger charge is 2.11. The number of ether oxygens (including phenoxy) is 1. The van der Waals surface area contributed by atoms with Gasteiger partial charge in [0.2, 0.25) is 0 Å². The standard InChI is InChI=1S/C16H16N4O/c1-21-16-8-7-12(9-13(16)10-17)15-11-18-19-20(15)14-5-3-2-4-6-14/h2-9,11H,10,17H2,1H3. The Balaban J connectivity index is 2.08. The topological polar surface area (TPSA) is 66.0 Å². The zero-order chi connectivity index (χ0) is 14.7. The van der Waals surface area contributed by atoms with E-state index in [0.29, 0.717) is 6.54 Å². The van der Waals surface area contributed by atoms with E-state index in [2.05, 4.69) is 10.3 Å². The molecular weight excluding hydrogens is 264 g/mol. The monoisotopic (exact) mass is 280 g/mol. The van der Waals surface area contributed by atoms with E-state index in [0.717, 1.165) is 28.3 Å². The van der Waals surface area contributed by atoms with E-state index in [4.69, 9.17) is 10.5 Å². The first-order valence-electron chi connectivity index (χ1n) is 6.67. The van der Waals surface area contributed by atoms with Gasteiger partial charge in [-0.05, 0) is 30.3 Å². The van der Waals surface area contributed by atoms with Crippen LogP contribution in [0.3, 0.4) is 0 Å². The summed E-state index contributed by atoms with van der Waals surface area (Å²) in [7, 11) is 1.64. The normalized spacial score (nSPS) is 10.6. The van der Waals surface area contributed by atoms with Gasteiger partial charge in [-0.15, -0.1) is 5.10 Å². The molecule has 1 heterocycles. The summed E-state index contributed by atoms with van der Waals surface area (Å²) in [6.07, 6.45) is 1.75. The lowest BCUT2D eigenvalue weighted by Gasteiger charge is -2.10. The van der Waals surface area contributed by atoms with Crippen molar-refractivity contribution < 1.29 is 4.74 Å². The second-order valence-electron chi connectivity index (χ2n) is 4.60. The summed E-state index contributed by atoms with van der Waals surface area (Å²) in [6.45, 7) is 0.421. The minimum Gasteiger partial charge on any atom is -0.496 e. The maximum Gasteiger partial charge on any atom is 0.123 e. The van der Waals surface area contributed by atoms with Crippen LogP contribution in [0.15, 0.2) is 54.7 Å². The summed E-state index contributed by atoms with van der Waals surface area (Å²) in [5, 5.41) is 8.19. The van der Waals surface area contributed by atoms with Gasteiger partial charge in [0.15, 0.2) is 0 Å². The summed E-state index contributed by atoms with van der Waals surface area (Å²) in [5.41, 5.74) is 9.62. The molecule has 3 aromatic rings. The molecule has 0 fully saturated rings. The van der Waals surface area contributed by atoms with Gasteiger partial charge in [0.1, 0.15) is 5.75 Å². The Bertz CT molecular complexity index is 737. The highest BCUT2D eigenvalue weighted by atomic mass is 16.5. The van der Waals surface area contributed by atoms with Crippen LogP contribution in [0.5, 0.6) is 5.75 Å². The van der Waals surface area contributed by atoms with Crippen LogP contribution < -0.4 is 10.5 Å². The second kappa shape index (κ2) is 5.76. The number of nitrogens with zero attached hydrogens (tertiary/aromatic N) is 3. The fraction of sp³-hybridized carbons (Fsp3) is 0.125. The Hall–Kier alpha value is -2.66. The van der Waals surface area contributed by atoms with Gasteiger partial charge < -0.3 is 10.5 Å². The van der Waals surface area contributed by atoms with Gasteiger partial charge >= 0.3 is 0 Å². The Morgan fingerprint density at radius 3 is 2.67 bits per heavy atom. The van der Waals surface area contributed by atoms with Crippen LogP contribution in [0.4, 0.5) is 0 Å². The third-order valence-corrected chi connectivity index (χ3v) is 3.35. The van der Waals surface area contributed by atoms with Crippen molar-refractivity contribution in [1.82, 2.24) is 15.0 Å². The van der Waals surface area contributed by atoms with E-state index in [9.17, 15) is 0 Å². The van der Waals surface area contributed by atoms with E-state index in [1.807, 2.05) is 53.2 Å². The number of aromatic nitrogens is 3. The number of hydrogen-bond acceptors (Lipinski definition) is 4. The van der Waals surface area contributed by atoms with Gasteiger partial charge in [-0.3, -0.25) is 0 Å². The molecule has 0 aliphatic carbocycles. The molecular formula is C16H16N4O. The number of nitrogens with two attached hydrogens (primary N) is 1. The van der Waals surface area contributed by atoms with Crippen molar-refractivity contribution in [3.63, 3.8) is 0 Å². The second-order valence-corrected chi connectivity index (χ2v) is 4.60. The minimum atomic E-state index is 0.421. The molecule has 21 heavy (non-hydrogen) atoms. The molecule has 0 saturated carbocycles. The van der Waals surface area contributed by atoms with Crippen molar-refractivity contribution in [2.75, 3.05) is 7.11 Å². The fourth-order valence-corrected chi connectivity index (χ4v) is 2.29. The highest BCUT2D eigenvalue weighted by Crippen LogP contribution is 2.27. The lowest BCUT2D eigenvalue weighted by molar-refractivity contribution is 0.410. The predicted octanol–water partition coefficient (Wildman–Crippen LogP) is 2.40. The molecule has 106 valence electrons. The lowest BCUT2D eigenvalue weighted by Crippen LogP contribution is -2.02. The highest BCUT2D eigenvalue weighted by molar-refractivity contribution is 5.63. The van der Waals surface area contributed by atoms with Crippen molar-refractivity contribution in [3.05, 3.63) is 60.3 Å². The van der Waals surface area contributed by atoms with E-state index in [-0.39, 0.29) is 0 Å². The van der Waals surface area contributed by atoms with Crippen LogP contribution in [0.2, 0.25) is 0 Å². The summed E-state index contributed by atoms with van der Waals surface area (Å²) >= 11 is 0. The van der Waals surface area contributed by atoms with Gasteiger partial charge in [-0.2, -0.15) is 0 Å². The third kappa shape index (κ3) is 2.51. The third-order valence-electron chi connectivity index (χ3n) is 3.35. The average molecular weight is 280 g/mol. The minimum absolute atomic E-state index is 0.421. The molecule has 0 saturated heterocycles. The van der Waals surface area contributed by atoms with E-state index in [1.165, 1.54) is 0 Å². The van der Waals surface area contributed by atoms with Crippen LogP contribution >= 0.6 is 0 Å². The van der Waals surface area contributed by atoms with E-state index in [1.54, 1.807) is 13.3 Å². The molecule has 0 aliphatic rings. The number of methoxy groups -OCH3 is 1. The molecule has 2 aromatic carbocycles. The smallest absolute Gasteiger partial charge is 0.123 e. The van der Waals surface area contributed by atoms with E-state index >= 15 is 0 Å². The SMILES string of the molecule is COc1ccc(-c2cnnn2-c2ccccc2)cc1CN. The first-order chi connectivity index (χ1) is 10.3. The Morgan fingerprint density at radius 1 is 1.14 bits per heavy atom. The molecule has 3 rings (SSSR count). The van der Waals surface area contributed by atoms with E-state index < -0.39 is 0 Å². The average Bonchev–Trinajstić information content (AvgIpc) is 3.04. The lowest BCUT2D eigenvalue weighted by atomic mass is 10.1. The maximum absolute atomic E-state index is 5.78. The molecule has 1 aromatic heterocycles. The largest absolute Gasteiger partial charge is 0.496 e. The summed E-state index contributed by atoms with van der Waals surface area (Å²) in [5.74, 6) is 0.792. The molecule has 0 bridgehead atoms. The zero-order valence-corrected chi connectivity index (χ0v) is 11.7. The Morgan fingerprint density at radius 2 is 1.95 bits per heavy atom. The molecule has 0 spiro atoms. The van der Waals surface area contributed by atoms with Crippen molar-refractivity contribution in [3.8, 4) is 22.7 Å². The number of rotatable bonds is 4. The van der Waals surface area contributed by atoms with Crippen LogP contribution in [-0.4, -0.2) is 22.1 Å². The van der Waals surface area contributed by atoms with Crippen LogP contribution in [0.25, 0.3) is 16.9 Å². The molecule has 0 radical (unpaired) electrons. The summed E-state index contributed by atoms with van der Waals surface area (Å²) in [6, 6.07) is 15.8. The predicted molar refractivity (Wildman–Crippen MR) is 81.2 cm³/mol. The van der Waals surface area contributed by atoms with Crippen molar-refractivity contribution >= 4 is 0 Å². The van der Waals surface area contributed by atoms with Gasteiger partial charge in [-0.25, -0.2) is 4.68 Å². The summed E-state index contributed by atoms with van der Waals surface area (Å²) in [4.78, 5) is 0. The molecule has 0 unspecified atom stereocenters. The molecule has 5 nitrogen and oxygen atoms in total. The van der Waals surface area contributed by atoms with Crippen molar-refractivity contribution in [2.24, 2.45) is 5.73 Å². The first kappa shape index (κ1) is 13.3. The van der Waals surface area contributed by atoms with Gasteiger partial charge in [0, 0.05) is 17.7 Å². The molecule has 5 heteroatoms. The van der Waals surface area contributed by atoms with Crippen molar-refractivity contribution in [1.29, 1.82) is 0 Å². The molecule has 0 atom stereocenters. The van der Waals surface area contributed by atoms with Crippen LogP contribution in [-0.2, 0) is 6.54 Å². The quantitative estimate of drug-likeness (QED) is 0.797. The number of hydrogen-bond donors (Lipinski definition) is 1. The van der Waals surface area contributed by atoms with Crippen LogP contribution in [0, 0.1) is 0 Å². The Labute approximate surface area is 123 Å². The molecule has 0 amide bonds. The van der Waals surface area contributed by atoms with Gasteiger partial charge in [0.25, 0.3) is 0 Å². The Kier molecular flexibility index (Phi) is 3.66. The molecule has 0 aliphatic heterocycles.